The minimum Gasteiger partial charge on any atom is -0.497 e. The molecule has 1 amide bonds. The Bertz CT molecular complexity index is 708. The highest BCUT2D eigenvalue weighted by Gasteiger charge is 2.07. The molecule has 0 saturated carbocycles. The number of ether oxygens (including phenoxy) is 2. The van der Waals surface area contributed by atoms with Gasteiger partial charge < -0.3 is 14.8 Å². The summed E-state index contributed by atoms with van der Waals surface area (Å²) in [6.45, 7) is 0. The minimum absolute atomic E-state index is 0.207. The number of anilines is 1. The second-order valence-electron chi connectivity index (χ2n) is 4.31. The maximum Gasteiger partial charge on any atom is 0.238 e. The van der Waals surface area contributed by atoms with Gasteiger partial charge in [0.05, 0.1) is 18.2 Å². The van der Waals surface area contributed by atoms with Crippen molar-refractivity contribution in [1.29, 1.82) is 5.26 Å². The van der Waals surface area contributed by atoms with E-state index in [9.17, 15) is 4.79 Å². The Labute approximate surface area is 133 Å². The van der Waals surface area contributed by atoms with Gasteiger partial charge in [0.15, 0.2) is 0 Å². The number of methoxy groups -OCH3 is 1. The highest BCUT2D eigenvalue weighted by molar-refractivity contribution is 6.32. The van der Waals surface area contributed by atoms with E-state index < -0.39 is 0 Å². The van der Waals surface area contributed by atoms with Crippen LogP contribution in [-0.4, -0.2) is 13.0 Å². The van der Waals surface area contributed by atoms with Crippen LogP contribution in [0.2, 0.25) is 5.02 Å². The maximum absolute atomic E-state index is 11.3. The number of hydrogen-bond donors (Lipinski definition) is 1. The Kier molecular flexibility index (Phi) is 5.23. The quantitative estimate of drug-likeness (QED) is 0.905. The van der Waals surface area contributed by atoms with Gasteiger partial charge in [-0.1, -0.05) is 11.6 Å². The highest BCUT2D eigenvalue weighted by atomic mass is 35.5. The van der Waals surface area contributed by atoms with Gasteiger partial charge in [-0.05, 0) is 42.5 Å². The molecule has 0 saturated heterocycles. The zero-order chi connectivity index (χ0) is 15.9. The van der Waals surface area contributed by atoms with Crippen molar-refractivity contribution in [3.8, 4) is 23.3 Å². The maximum atomic E-state index is 11.3. The van der Waals surface area contributed by atoms with Crippen LogP contribution in [0.1, 0.15) is 6.42 Å². The average molecular weight is 317 g/mol. The summed E-state index contributed by atoms with van der Waals surface area (Å²) in [5, 5.41) is 11.4. The summed E-state index contributed by atoms with van der Waals surface area (Å²) in [6.07, 6.45) is -0.207. The molecule has 0 heterocycles. The number of nitriles is 1. The summed E-state index contributed by atoms with van der Waals surface area (Å²) < 4.78 is 10.7. The second kappa shape index (κ2) is 7.34. The van der Waals surface area contributed by atoms with E-state index in [-0.39, 0.29) is 12.3 Å². The first-order valence-corrected chi connectivity index (χ1v) is 6.78. The molecule has 0 aromatic heterocycles. The van der Waals surface area contributed by atoms with E-state index in [0.717, 1.165) is 5.75 Å². The summed E-state index contributed by atoms with van der Waals surface area (Å²) in [7, 11) is 1.59. The molecule has 0 spiro atoms. The van der Waals surface area contributed by atoms with Crippen molar-refractivity contribution in [3.63, 3.8) is 0 Å². The van der Waals surface area contributed by atoms with Crippen molar-refractivity contribution in [1.82, 2.24) is 0 Å². The molecule has 1 N–H and O–H groups in total. The SMILES string of the molecule is COc1ccc(Oc2ccc(NC(=O)CC#N)cc2Cl)cc1. The summed E-state index contributed by atoms with van der Waals surface area (Å²) in [5.74, 6) is 1.42. The molecule has 0 unspecified atom stereocenters. The first kappa shape index (κ1) is 15.7. The van der Waals surface area contributed by atoms with Gasteiger partial charge in [-0.2, -0.15) is 5.26 Å². The van der Waals surface area contributed by atoms with Crippen molar-refractivity contribution in [3.05, 3.63) is 47.5 Å². The first-order chi connectivity index (χ1) is 10.6. The van der Waals surface area contributed by atoms with Crippen LogP contribution in [0, 0.1) is 11.3 Å². The van der Waals surface area contributed by atoms with Gasteiger partial charge in [0, 0.05) is 5.69 Å². The fourth-order valence-corrected chi connectivity index (χ4v) is 1.93. The monoisotopic (exact) mass is 316 g/mol. The Balaban J connectivity index is 2.09. The van der Waals surface area contributed by atoms with Crippen molar-refractivity contribution in [2.45, 2.75) is 6.42 Å². The summed E-state index contributed by atoms with van der Waals surface area (Å²) in [5.41, 5.74) is 0.507. The van der Waals surface area contributed by atoms with E-state index in [0.29, 0.717) is 22.2 Å². The zero-order valence-electron chi connectivity index (χ0n) is 11.8. The third-order valence-electron chi connectivity index (χ3n) is 2.74. The van der Waals surface area contributed by atoms with Gasteiger partial charge in [-0.15, -0.1) is 0 Å². The summed E-state index contributed by atoms with van der Waals surface area (Å²) in [6, 6.07) is 13.7. The van der Waals surface area contributed by atoms with Crippen LogP contribution in [0.5, 0.6) is 17.2 Å². The lowest BCUT2D eigenvalue weighted by Gasteiger charge is -2.10. The second-order valence-corrected chi connectivity index (χ2v) is 4.71. The van der Waals surface area contributed by atoms with Crippen LogP contribution in [-0.2, 0) is 4.79 Å². The normalized spacial score (nSPS) is 9.68. The lowest BCUT2D eigenvalue weighted by Crippen LogP contribution is -2.09. The zero-order valence-corrected chi connectivity index (χ0v) is 12.6. The number of benzene rings is 2. The number of amides is 1. The summed E-state index contributed by atoms with van der Waals surface area (Å²) in [4.78, 5) is 11.3. The fraction of sp³-hybridized carbons (Fsp3) is 0.125. The summed E-state index contributed by atoms with van der Waals surface area (Å²) >= 11 is 6.13. The largest absolute Gasteiger partial charge is 0.497 e. The Morgan fingerprint density at radius 1 is 1.23 bits per heavy atom. The van der Waals surface area contributed by atoms with Gasteiger partial charge in [0.25, 0.3) is 0 Å². The first-order valence-electron chi connectivity index (χ1n) is 6.40. The van der Waals surface area contributed by atoms with Crippen LogP contribution in [0.15, 0.2) is 42.5 Å². The smallest absolute Gasteiger partial charge is 0.238 e. The van der Waals surface area contributed by atoms with Crippen LogP contribution in [0.4, 0.5) is 5.69 Å². The molecule has 0 aliphatic rings. The number of carbonyl (C=O) groups is 1. The van der Waals surface area contributed by atoms with E-state index >= 15 is 0 Å². The molecule has 6 heteroatoms. The third kappa shape index (κ3) is 4.14. The van der Waals surface area contributed by atoms with Crippen LogP contribution in [0.25, 0.3) is 0 Å². The molecule has 0 fully saturated rings. The van der Waals surface area contributed by atoms with Crippen molar-refractivity contribution >= 4 is 23.2 Å². The topological polar surface area (TPSA) is 71.3 Å². The van der Waals surface area contributed by atoms with Crippen LogP contribution >= 0.6 is 11.6 Å². The van der Waals surface area contributed by atoms with Crippen molar-refractivity contribution in [2.75, 3.05) is 12.4 Å². The molecule has 0 bridgehead atoms. The lowest BCUT2D eigenvalue weighted by atomic mass is 10.2. The predicted octanol–water partition coefficient (Wildman–Crippen LogP) is 3.99. The van der Waals surface area contributed by atoms with Gasteiger partial charge in [-0.25, -0.2) is 0 Å². The van der Waals surface area contributed by atoms with E-state index in [2.05, 4.69) is 5.32 Å². The van der Waals surface area contributed by atoms with Gasteiger partial charge >= 0.3 is 0 Å². The van der Waals surface area contributed by atoms with Crippen molar-refractivity contribution < 1.29 is 14.3 Å². The fourth-order valence-electron chi connectivity index (χ4n) is 1.71. The third-order valence-corrected chi connectivity index (χ3v) is 3.04. The molecule has 5 nitrogen and oxygen atoms in total. The Hall–Kier alpha value is -2.71. The molecule has 0 aliphatic carbocycles. The molecule has 2 rings (SSSR count). The number of hydrogen-bond acceptors (Lipinski definition) is 4. The number of rotatable bonds is 5. The minimum atomic E-state index is -0.387. The van der Waals surface area contributed by atoms with E-state index in [1.54, 1.807) is 55.6 Å². The predicted molar refractivity (Wildman–Crippen MR) is 83.4 cm³/mol. The molecule has 0 atom stereocenters. The van der Waals surface area contributed by atoms with E-state index in [1.807, 2.05) is 0 Å². The Morgan fingerprint density at radius 3 is 2.50 bits per heavy atom. The molecule has 112 valence electrons. The number of nitrogens with zero attached hydrogens (tertiary/aromatic N) is 1. The molecule has 22 heavy (non-hydrogen) atoms. The highest BCUT2D eigenvalue weighted by Crippen LogP contribution is 2.32. The standard InChI is InChI=1S/C16H13ClN2O3/c1-21-12-3-5-13(6-4-12)22-15-7-2-11(10-14(15)17)19-16(20)8-9-18/h2-7,10H,8H2,1H3,(H,19,20). The van der Waals surface area contributed by atoms with Crippen molar-refractivity contribution in [2.24, 2.45) is 0 Å². The average Bonchev–Trinajstić information content (AvgIpc) is 2.51. The molecule has 0 radical (unpaired) electrons. The van der Waals surface area contributed by atoms with Gasteiger partial charge in [-0.3, -0.25) is 4.79 Å². The van der Waals surface area contributed by atoms with Crippen LogP contribution < -0.4 is 14.8 Å². The number of nitrogens with one attached hydrogen (secondary N) is 1. The van der Waals surface area contributed by atoms with E-state index in [4.69, 9.17) is 26.3 Å². The molecular weight excluding hydrogens is 304 g/mol. The molecule has 2 aromatic rings. The van der Waals surface area contributed by atoms with Gasteiger partial charge in [0.2, 0.25) is 5.91 Å². The van der Waals surface area contributed by atoms with E-state index in [1.165, 1.54) is 0 Å². The molecule has 2 aromatic carbocycles. The van der Waals surface area contributed by atoms with Gasteiger partial charge in [0.1, 0.15) is 23.7 Å². The number of halogens is 1. The van der Waals surface area contributed by atoms with Crippen LogP contribution in [0.3, 0.4) is 0 Å². The molecule has 0 aliphatic heterocycles. The number of carbonyl (C=O) groups excluding carboxylic acids is 1. The Morgan fingerprint density at radius 2 is 1.91 bits per heavy atom. The lowest BCUT2D eigenvalue weighted by molar-refractivity contribution is -0.115. The molecular formula is C16H13ClN2O3.